The van der Waals surface area contributed by atoms with Crippen LogP contribution in [0.25, 0.3) is 0 Å². The average Bonchev–Trinajstić information content (AvgIpc) is 3.40. The summed E-state index contributed by atoms with van der Waals surface area (Å²) in [5, 5.41) is 0. The molecule has 1 atom stereocenters. The zero-order valence-corrected chi connectivity index (χ0v) is 48.6. The highest BCUT2D eigenvalue weighted by molar-refractivity contribution is 5.71. The van der Waals surface area contributed by atoms with Crippen LogP contribution in [0.3, 0.4) is 0 Å². The molecule has 0 aliphatic rings. The average molecular weight is 1030 g/mol. The van der Waals surface area contributed by atoms with Gasteiger partial charge < -0.3 is 14.2 Å². The summed E-state index contributed by atoms with van der Waals surface area (Å²) in [4.78, 5) is 38.0. The minimum atomic E-state index is -0.780. The van der Waals surface area contributed by atoms with E-state index < -0.39 is 6.10 Å². The third-order valence-corrected chi connectivity index (χ3v) is 13.3. The number of hydrogen-bond donors (Lipinski definition) is 0. The molecule has 6 nitrogen and oxygen atoms in total. The molecule has 0 N–H and O–H groups in total. The molecule has 1 unspecified atom stereocenters. The number of carbonyl (C=O) groups is 3. The van der Waals surface area contributed by atoms with Gasteiger partial charge in [0.15, 0.2) is 6.10 Å². The molecule has 0 rings (SSSR count). The lowest BCUT2D eigenvalue weighted by atomic mass is 10.0. The maximum atomic E-state index is 12.8. The molecule has 0 radical (unpaired) electrons. The van der Waals surface area contributed by atoms with Gasteiger partial charge in [-0.05, 0) is 103 Å². The zero-order chi connectivity index (χ0) is 53.6. The van der Waals surface area contributed by atoms with Crippen molar-refractivity contribution in [2.24, 2.45) is 0 Å². The highest BCUT2D eigenvalue weighted by atomic mass is 16.6. The number of rotatable bonds is 56. The van der Waals surface area contributed by atoms with E-state index in [2.05, 4.69) is 118 Å². The number of esters is 3. The number of carbonyl (C=O) groups excluding carboxylic acids is 3. The predicted molar refractivity (Wildman–Crippen MR) is 320 cm³/mol. The van der Waals surface area contributed by atoms with E-state index in [4.69, 9.17) is 14.2 Å². The van der Waals surface area contributed by atoms with Gasteiger partial charge in [-0.25, -0.2) is 0 Å². The second-order valence-corrected chi connectivity index (χ2v) is 20.6. The van der Waals surface area contributed by atoms with Crippen LogP contribution in [0.1, 0.15) is 297 Å². The molecule has 0 spiro atoms. The van der Waals surface area contributed by atoms with E-state index in [0.29, 0.717) is 19.3 Å². The van der Waals surface area contributed by atoms with Gasteiger partial charge in [-0.15, -0.1) is 0 Å². The van der Waals surface area contributed by atoms with Crippen LogP contribution in [-0.4, -0.2) is 37.2 Å². The van der Waals surface area contributed by atoms with Crippen molar-refractivity contribution in [2.75, 3.05) is 13.2 Å². The second-order valence-electron chi connectivity index (χ2n) is 20.6. The van der Waals surface area contributed by atoms with Crippen molar-refractivity contribution >= 4 is 17.9 Å². The molecule has 6 heteroatoms. The minimum Gasteiger partial charge on any atom is -0.462 e. The fourth-order valence-electron chi connectivity index (χ4n) is 8.65. The quantitative estimate of drug-likeness (QED) is 0.0261. The van der Waals surface area contributed by atoms with E-state index in [-0.39, 0.29) is 31.1 Å². The molecule has 0 aromatic carbocycles. The topological polar surface area (TPSA) is 78.9 Å². The summed E-state index contributed by atoms with van der Waals surface area (Å²) in [6, 6.07) is 0. The smallest absolute Gasteiger partial charge is 0.306 e. The Morgan fingerprint density at radius 2 is 0.527 bits per heavy atom. The number of unbranched alkanes of at least 4 members (excludes halogenated alkanes) is 29. The van der Waals surface area contributed by atoms with Crippen LogP contribution in [-0.2, 0) is 28.6 Å². The minimum absolute atomic E-state index is 0.0803. The third kappa shape index (κ3) is 59.2. The van der Waals surface area contributed by atoms with Gasteiger partial charge >= 0.3 is 17.9 Å². The van der Waals surface area contributed by atoms with Crippen LogP contribution < -0.4 is 0 Å². The first-order valence-corrected chi connectivity index (χ1v) is 31.2. The van der Waals surface area contributed by atoms with Gasteiger partial charge in [0.2, 0.25) is 0 Å². The Balaban J connectivity index is 4.14. The molecule has 0 fully saturated rings. The Morgan fingerprint density at radius 1 is 0.284 bits per heavy atom. The zero-order valence-electron chi connectivity index (χ0n) is 48.6. The van der Waals surface area contributed by atoms with E-state index in [9.17, 15) is 14.4 Å². The van der Waals surface area contributed by atoms with Crippen molar-refractivity contribution in [3.05, 3.63) is 97.2 Å². The molecule has 0 aromatic rings. The molecular formula is C68H116O6. The molecule has 0 saturated carbocycles. The first-order chi connectivity index (χ1) is 36.5. The van der Waals surface area contributed by atoms with Crippen molar-refractivity contribution < 1.29 is 28.6 Å². The molecule has 0 saturated heterocycles. The standard InChI is InChI=1S/C68H116O6/c1-4-7-10-13-16-18-20-22-24-26-28-30-32-34-36-38-40-42-44-46-48-50-52-55-58-61-67(70)73-64-65(63-72-66(69)60-57-54-15-12-9-6-3)74-68(71)62-59-56-53-51-49-47-45-43-41-39-37-35-33-31-29-27-25-23-21-19-17-14-11-8-5-2/h7,10,16,18,21-24,27-30,33-36,65H,4-6,8-9,11-15,17,19-20,25-26,31-32,37-64H2,1-3H3/b10-7-,18-16-,23-21-,24-22-,29-27-,30-28-,35-33-,36-34-. The molecular weight excluding hydrogens is 913 g/mol. The van der Waals surface area contributed by atoms with Gasteiger partial charge in [-0.1, -0.05) is 272 Å². The Kier molecular flexibility index (Phi) is 58.8. The van der Waals surface area contributed by atoms with E-state index in [1.165, 1.54) is 148 Å². The molecule has 74 heavy (non-hydrogen) atoms. The Hall–Kier alpha value is -3.67. The highest BCUT2D eigenvalue weighted by Gasteiger charge is 2.19. The van der Waals surface area contributed by atoms with Gasteiger partial charge in [-0.2, -0.15) is 0 Å². The number of hydrogen-bond acceptors (Lipinski definition) is 6. The van der Waals surface area contributed by atoms with Crippen LogP contribution in [0.4, 0.5) is 0 Å². The van der Waals surface area contributed by atoms with Crippen molar-refractivity contribution in [1.82, 2.24) is 0 Å². The Bertz CT molecular complexity index is 1460. The van der Waals surface area contributed by atoms with Crippen LogP contribution in [0.15, 0.2) is 97.2 Å². The first kappa shape index (κ1) is 70.3. The maximum absolute atomic E-state index is 12.8. The number of allylic oxidation sites excluding steroid dienone is 16. The van der Waals surface area contributed by atoms with Gasteiger partial charge in [0.1, 0.15) is 13.2 Å². The first-order valence-electron chi connectivity index (χ1n) is 31.2. The largest absolute Gasteiger partial charge is 0.462 e. The maximum Gasteiger partial charge on any atom is 0.306 e. The van der Waals surface area contributed by atoms with Crippen molar-refractivity contribution in [1.29, 1.82) is 0 Å². The van der Waals surface area contributed by atoms with E-state index in [1.807, 2.05) is 0 Å². The molecule has 0 heterocycles. The Labute approximate surface area is 457 Å². The summed E-state index contributed by atoms with van der Waals surface area (Å²) >= 11 is 0. The fraction of sp³-hybridized carbons (Fsp3) is 0.721. The third-order valence-electron chi connectivity index (χ3n) is 13.3. The summed E-state index contributed by atoms with van der Waals surface area (Å²) in [7, 11) is 0. The molecule has 424 valence electrons. The Morgan fingerprint density at radius 3 is 0.824 bits per heavy atom. The van der Waals surface area contributed by atoms with Gasteiger partial charge in [0.25, 0.3) is 0 Å². The summed E-state index contributed by atoms with van der Waals surface area (Å²) in [5.74, 6) is -0.894. The molecule has 0 amide bonds. The van der Waals surface area contributed by atoms with Crippen molar-refractivity contribution in [3.63, 3.8) is 0 Å². The van der Waals surface area contributed by atoms with E-state index in [0.717, 1.165) is 109 Å². The fourth-order valence-corrected chi connectivity index (χ4v) is 8.65. The van der Waals surface area contributed by atoms with Crippen molar-refractivity contribution in [2.45, 2.75) is 303 Å². The van der Waals surface area contributed by atoms with Gasteiger partial charge in [0, 0.05) is 19.3 Å². The summed E-state index contributed by atoms with van der Waals surface area (Å²) in [6.45, 7) is 6.46. The van der Waals surface area contributed by atoms with Gasteiger partial charge in [-0.3, -0.25) is 14.4 Å². The van der Waals surface area contributed by atoms with Gasteiger partial charge in [0.05, 0.1) is 0 Å². The normalized spacial score (nSPS) is 12.7. The van der Waals surface area contributed by atoms with Crippen LogP contribution in [0.5, 0.6) is 0 Å². The highest BCUT2D eigenvalue weighted by Crippen LogP contribution is 2.16. The summed E-state index contributed by atoms with van der Waals surface area (Å²) in [5.41, 5.74) is 0. The van der Waals surface area contributed by atoms with E-state index in [1.54, 1.807) is 0 Å². The lowest BCUT2D eigenvalue weighted by Gasteiger charge is -2.18. The lowest BCUT2D eigenvalue weighted by molar-refractivity contribution is -0.167. The van der Waals surface area contributed by atoms with Crippen LogP contribution in [0, 0.1) is 0 Å². The molecule has 0 aromatic heterocycles. The molecule has 0 bridgehead atoms. The second kappa shape index (κ2) is 61.9. The predicted octanol–water partition coefficient (Wildman–Crippen LogP) is 21.3. The van der Waals surface area contributed by atoms with Crippen molar-refractivity contribution in [3.8, 4) is 0 Å². The number of ether oxygens (including phenoxy) is 3. The summed E-state index contributed by atoms with van der Waals surface area (Å²) < 4.78 is 16.8. The monoisotopic (exact) mass is 1030 g/mol. The van der Waals surface area contributed by atoms with Crippen LogP contribution in [0.2, 0.25) is 0 Å². The lowest BCUT2D eigenvalue weighted by Crippen LogP contribution is -2.30. The molecule has 0 aliphatic heterocycles. The summed E-state index contributed by atoms with van der Waals surface area (Å²) in [6.07, 6.45) is 83.0. The molecule has 0 aliphatic carbocycles. The van der Waals surface area contributed by atoms with Crippen LogP contribution >= 0.6 is 0 Å². The SMILES string of the molecule is CC/C=C\C/C=C\C/C=C\C/C=C\C/C=C\CCCCCCCCCCCC(=O)OCC(COC(=O)CCCCCCCC)OC(=O)CCCCCCCCCCCC/C=C\C/C=C\C/C=C\CCCCCCC. The van der Waals surface area contributed by atoms with E-state index >= 15 is 0 Å².